The third-order valence-electron chi connectivity index (χ3n) is 4.00. The van der Waals surface area contributed by atoms with Crippen molar-refractivity contribution in [3.05, 3.63) is 0 Å². The van der Waals surface area contributed by atoms with Gasteiger partial charge in [0.25, 0.3) is 0 Å². The number of carboxylic acids is 1. The van der Waals surface area contributed by atoms with E-state index in [4.69, 9.17) is 5.11 Å². The van der Waals surface area contributed by atoms with Crippen molar-refractivity contribution in [2.75, 3.05) is 6.54 Å². The van der Waals surface area contributed by atoms with Crippen molar-refractivity contribution >= 4 is 17.9 Å². The number of hydrogen-bond donors (Lipinski definition) is 3. The largest absolute Gasteiger partial charge is 0.481 e. The number of urea groups is 1. The van der Waals surface area contributed by atoms with Crippen LogP contribution in [-0.4, -0.2) is 52.1 Å². The maximum atomic E-state index is 12.2. The third kappa shape index (κ3) is 3.46. The molecule has 0 spiro atoms. The number of carbonyl (C=O) groups excluding carboxylic acids is 2. The summed E-state index contributed by atoms with van der Waals surface area (Å²) in [5, 5.41) is 14.5. The van der Waals surface area contributed by atoms with Crippen molar-refractivity contribution in [1.29, 1.82) is 0 Å². The van der Waals surface area contributed by atoms with Gasteiger partial charge in [0, 0.05) is 17.6 Å². The van der Waals surface area contributed by atoms with Gasteiger partial charge in [0.2, 0.25) is 5.91 Å². The van der Waals surface area contributed by atoms with E-state index in [1.807, 2.05) is 20.8 Å². The van der Waals surface area contributed by atoms with Gasteiger partial charge in [-0.05, 0) is 40.0 Å². The van der Waals surface area contributed by atoms with E-state index in [2.05, 4.69) is 10.6 Å². The van der Waals surface area contributed by atoms with Gasteiger partial charge in [-0.2, -0.15) is 0 Å². The Morgan fingerprint density at radius 3 is 2.43 bits per heavy atom. The molecule has 7 heteroatoms. The average molecular weight is 297 g/mol. The molecule has 3 amide bonds. The zero-order valence-corrected chi connectivity index (χ0v) is 12.7. The van der Waals surface area contributed by atoms with Gasteiger partial charge in [-0.25, -0.2) is 4.79 Å². The quantitative estimate of drug-likeness (QED) is 0.708. The zero-order chi connectivity index (χ0) is 15.8. The first-order chi connectivity index (χ1) is 9.69. The predicted octanol–water partition coefficient (Wildman–Crippen LogP) is 0.548. The van der Waals surface area contributed by atoms with Crippen molar-refractivity contribution in [2.45, 2.75) is 57.7 Å². The van der Waals surface area contributed by atoms with Crippen molar-refractivity contribution in [3.63, 3.8) is 0 Å². The smallest absolute Gasteiger partial charge is 0.318 e. The first kappa shape index (κ1) is 15.6. The number of fused-ring (bicyclic) bond motifs is 2. The van der Waals surface area contributed by atoms with E-state index in [1.54, 1.807) is 4.90 Å². The second kappa shape index (κ2) is 5.54. The van der Waals surface area contributed by atoms with Crippen LogP contribution >= 0.6 is 0 Å². The number of nitrogens with one attached hydrogen (secondary N) is 2. The SMILES string of the molecule is CC(C)(C)NC(=O)CNC(=O)N1C2CCC1C(C(=O)O)C2. The van der Waals surface area contributed by atoms with Gasteiger partial charge in [-0.3, -0.25) is 9.59 Å². The maximum Gasteiger partial charge on any atom is 0.318 e. The summed E-state index contributed by atoms with van der Waals surface area (Å²) in [7, 11) is 0. The van der Waals surface area contributed by atoms with E-state index in [1.165, 1.54) is 0 Å². The molecule has 2 saturated heterocycles. The van der Waals surface area contributed by atoms with E-state index in [0.29, 0.717) is 6.42 Å². The fraction of sp³-hybridized carbons (Fsp3) is 0.786. The molecule has 2 aliphatic heterocycles. The highest BCUT2D eigenvalue weighted by Crippen LogP contribution is 2.41. The lowest BCUT2D eigenvalue weighted by Crippen LogP contribution is -2.50. The van der Waals surface area contributed by atoms with Gasteiger partial charge in [0.1, 0.15) is 0 Å². The lowest BCUT2D eigenvalue weighted by Gasteiger charge is -2.24. The number of hydrogen-bond acceptors (Lipinski definition) is 3. The summed E-state index contributed by atoms with van der Waals surface area (Å²) in [4.78, 5) is 36.7. The van der Waals surface area contributed by atoms with Crippen LogP contribution in [0.1, 0.15) is 40.0 Å². The summed E-state index contributed by atoms with van der Waals surface area (Å²) in [5.74, 6) is -1.57. The Kier molecular flexibility index (Phi) is 4.11. The van der Waals surface area contributed by atoms with Crippen LogP contribution in [0.3, 0.4) is 0 Å². The summed E-state index contributed by atoms with van der Waals surface area (Å²) in [6, 6.07) is -0.588. The Labute approximate surface area is 124 Å². The molecule has 2 heterocycles. The molecule has 2 rings (SSSR count). The highest BCUT2D eigenvalue weighted by Gasteiger charge is 2.51. The molecule has 118 valence electrons. The molecule has 2 fully saturated rings. The standard InChI is InChI=1S/C14H23N3O4/c1-14(2,3)16-11(18)7-15-13(21)17-8-4-5-10(17)9(6-8)12(19)20/h8-10H,4-7H2,1-3H3,(H,15,21)(H,16,18)(H,19,20). The third-order valence-corrected chi connectivity index (χ3v) is 4.00. The van der Waals surface area contributed by atoms with Crippen LogP contribution < -0.4 is 10.6 Å². The van der Waals surface area contributed by atoms with Crippen molar-refractivity contribution < 1.29 is 19.5 Å². The molecule has 2 aliphatic rings. The number of carboxylic acid groups (broad SMARTS) is 1. The van der Waals surface area contributed by atoms with Gasteiger partial charge in [-0.15, -0.1) is 0 Å². The fourth-order valence-electron chi connectivity index (χ4n) is 3.28. The van der Waals surface area contributed by atoms with Crippen LogP contribution in [0.25, 0.3) is 0 Å². The summed E-state index contributed by atoms with van der Waals surface area (Å²) in [5.41, 5.74) is -0.344. The van der Waals surface area contributed by atoms with Gasteiger partial charge >= 0.3 is 12.0 Å². The Morgan fingerprint density at radius 1 is 1.24 bits per heavy atom. The number of aliphatic carboxylic acids is 1. The summed E-state index contributed by atoms with van der Waals surface area (Å²) in [6.07, 6.45) is 2.08. The van der Waals surface area contributed by atoms with Crippen molar-refractivity contribution in [3.8, 4) is 0 Å². The molecule has 3 atom stereocenters. The minimum atomic E-state index is -0.842. The Morgan fingerprint density at radius 2 is 1.90 bits per heavy atom. The Hall–Kier alpha value is -1.79. The van der Waals surface area contributed by atoms with E-state index >= 15 is 0 Å². The molecule has 0 radical (unpaired) electrons. The van der Waals surface area contributed by atoms with E-state index in [0.717, 1.165) is 12.8 Å². The molecule has 0 aliphatic carbocycles. The average Bonchev–Trinajstić information content (AvgIpc) is 2.91. The van der Waals surface area contributed by atoms with E-state index in [9.17, 15) is 14.4 Å². The topological polar surface area (TPSA) is 98.7 Å². The minimum Gasteiger partial charge on any atom is -0.481 e. The lowest BCUT2D eigenvalue weighted by atomic mass is 9.89. The van der Waals surface area contributed by atoms with Gasteiger partial charge in [-0.1, -0.05) is 0 Å². The molecule has 21 heavy (non-hydrogen) atoms. The number of carbonyl (C=O) groups is 3. The van der Waals surface area contributed by atoms with Crippen LogP contribution in [0.5, 0.6) is 0 Å². The minimum absolute atomic E-state index is 0.0122. The second-order valence-corrected chi connectivity index (χ2v) is 6.84. The highest BCUT2D eigenvalue weighted by molar-refractivity contribution is 5.85. The van der Waals surface area contributed by atoms with Crippen molar-refractivity contribution in [2.24, 2.45) is 5.92 Å². The van der Waals surface area contributed by atoms with E-state index < -0.39 is 11.9 Å². The second-order valence-electron chi connectivity index (χ2n) is 6.84. The molecule has 3 unspecified atom stereocenters. The lowest BCUT2D eigenvalue weighted by molar-refractivity contribution is -0.142. The highest BCUT2D eigenvalue weighted by atomic mass is 16.4. The monoisotopic (exact) mass is 297 g/mol. The zero-order valence-electron chi connectivity index (χ0n) is 12.7. The number of nitrogens with zero attached hydrogens (tertiary/aromatic N) is 1. The molecule has 2 bridgehead atoms. The van der Waals surface area contributed by atoms with Crippen molar-refractivity contribution in [1.82, 2.24) is 15.5 Å². The van der Waals surface area contributed by atoms with Crippen LogP contribution in [0, 0.1) is 5.92 Å². The van der Waals surface area contributed by atoms with Crippen LogP contribution in [-0.2, 0) is 9.59 Å². The molecular formula is C14H23N3O4. The van der Waals surface area contributed by atoms with Crippen LogP contribution in [0.4, 0.5) is 4.79 Å². The molecule has 0 aromatic rings. The molecule has 0 aromatic carbocycles. The first-order valence-corrected chi connectivity index (χ1v) is 7.29. The summed E-state index contributed by atoms with van der Waals surface area (Å²) < 4.78 is 0. The molecule has 0 aromatic heterocycles. The fourth-order valence-corrected chi connectivity index (χ4v) is 3.28. The van der Waals surface area contributed by atoms with Crippen LogP contribution in [0.2, 0.25) is 0 Å². The molecular weight excluding hydrogens is 274 g/mol. The summed E-state index contributed by atoms with van der Waals surface area (Å²) in [6.45, 7) is 5.50. The Bertz CT molecular complexity index is 458. The number of amides is 3. The molecule has 3 N–H and O–H groups in total. The van der Waals surface area contributed by atoms with Crippen LogP contribution in [0.15, 0.2) is 0 Å². The molecule has 0 saturated carbocycles. The maximum absolute atomic E-state index is 12.2. The van der Waals surface area contributed by atoms with E-state index in [-0.39, 0.29) is 36.1 Å². The number of rotatable bonds is 3. The summed E-state index contributed by atoms with van der Waals surface area (Å²) >= 11 is 0. The molecule has 7 nitrogen and oxygen atoms in total. The normalized spacial score (nSPS) is 27.6. The Balaban J connectivity index is 1.87. The first-order valence-electron chi connectivity index (χ1n) is 7.29. The van der Waals surface area contributed by atoms with Gasteiger partial charge in [0.15, 0.2) is 0 Å². The van der Waals surface area contributed by atoms with Gasteiger partial charge in [0.05, 0.1) is 12.5 Å². The van der Waals surface area contributed by atoms with Gasteiger partial charge < -0.3 is 20.6 Å². The predicted molar refractivity (Wildman–Crippen MR) is 75.7 cm³/mol.